The maximum absolute atomic E-state index is 5.39. The van der Waals surface area contributed by atoms with Crippen molar-refractivity contribution in [1.29, 1.82) is 0 Å². The minimum atomic E-state index is 0.623. The van der Waals surface area contributed by atoms with Crippen LogP contribution in [-0.2, 0) is 0 Å². The molecular weight excluding hydrogens is 180 g/mol. The molecule has 0 N–H and O–H groups in total. The Hall–Kier alpha value is -0.440. The molecule has 0 bridgehead atoms. The van der Waals surface area contributed by atoms with Gasteiger partial charge in [-0.25, -0.2) is 0 Å². The van der Waals surface area contributed by atoms with Crippen molar-refractivity contribution in [2.75, 3.05) is 0 Å². The van der Waals surface area contributed by atoms with E-state index < -0.39 is 0 Å². The highest BCUT2D eigenvalue weighted by Gasteiger charge is 2.34. The molecular formula is C15H24. The Bertz CT molecular complexity index is 241. The van der Waals surface area contributed by atoms with Gasteiger partial charge in [-0.2, -0.15) is 0 Å². The van der Waals surface area contributed by atoms with E-state index in [0.29, 0.717) is 5.92 Å². The van der Waals surface area contributed by atoms with Crippen LogP contribution in [0, 0.1) is 41.9 Å². The maximum Gasteiger partial charge on any atom is 0.0205 e. The third-order valence-corrected chi connectivity index (χ3v) is 4.97. The molecule has 0 aromatic carbocycles. The Kier molecular flexibility index (Phi) is 3.39. The fraction of sp³-hybridized carbons (Fsp3) is 0.867. The molecule has 84 valence electrons. The van der Waals surface area contributed by atoms with E-state index in [1.807, 2.05) is 0 Å². The molecule has 0 heteroatoms. The predicted molar refractivity (Wildman–Crippen MR) is 65.3 cm³/mol. The second-order valence-electron chi connectivity index (χ2n) is 5.96. The fourth-order valence-corrected chi connectivity index (χ4v) is 3.33. The Morgan fingerprint density at radius 3 is 2.40 bits per heavy atom. The van der Waals surface area contributed by atoms with Crippen molar-refractivity contribution in [2.24, 2.45) is 29.6 Å². The van der Waals surface area contributed by atoms with E-state index in [9.17, 15) is 0 Å². The largest absolute Gasteiger partial charge is 0.120 e. The van der Waals surface area contributed by atoms with Gasteiger partial charge in [0.1, 0.15) is 0 Å². The van der Waals surface area contributed by atoms with Gasteiger partial charge in [-0.15, -0.1) is 12.3 Å². The highest BCUT2D eigenvalue weighted by Crippen LogP contribution is 2.44. The van der Waals surface area contributed by atoms with Crippen LogP contribution in [0.3, 0.4) is 0 Å². The van der Waals surface area contributed by atoms with Gasteiger partial charge in [0.25, 0.3) is 0 Å². The van der Waals surface area contributed by atoms with Crippen LogP contribution in [-0.4, -0.2) is 0 Å². The molecule has 0 heterocycles. The van der Waals surface area contributed by atoms with Crippen LogP contribution in [0.4, 0.5) is 0 Å². The molecule has 2 rings (SSSR count). The van der Waals surface area contributed by atoms with Crippen molar-refractivity contribution in [3.63, 3.8) is 0 Å². The zero-order valence-electron chi connectivity index (χ0n) is 10.2. The van der Waals surface area contributed by atoms with Crippen LogP contribution in [0.15, 0.2) is 0 Å². The molecule has 0 radical (unpaired) electrons. The summed E-state index contributed by atoms with van der Waals surface area (Å²) < 4.78 is 0. The second kappa shape index (κ2) is 4.60. The van der Waals surface area contributed by atoms with E-state index in [0.717, 1.165) is 23.7 Å². The maximum atomic E-state index is 5.39. The average molecular weight is 204 g/mol. The molecule has 3 unspecified atom stereocenters. The third-order valence-electron chi connectivity index (χ3n) is 4.97. The Morgan fingerprint density at radius 2 is 1.87 bits per heavy atom. The lowest BCUT2D eigenvalue weighted by molar-refractivity contribution is 0.0883. The summed E-state index contributed by atoms with van der Waals surface area (Å²) in [6.45, 7) is 4.82. The van der Waals surface area contributed by atoms with Gasteiger partial charge in [0, 0.05) is 5.92 Å². The zero-order valence-corrected chi connectivity index (χ0v) is 10.2. The lowest BCUT2D eigenvalue weighted by atomic mass is 9.64. The van der Waals surface area contributed by atoms with Crippen LogP contribution >= 0.6 is 0 Å². The first kappa shape index (κ1) is 11.1. The highest BCUT2D eigenvalue weighted by atomic mass is 14.4. The zero-order chi connectivity index (χ0) is 10.8. The summed E-state index contributed by atoms with van der Waals surface area (Å²) in [6.07, 6.45) is 13.9. The fourth-order valence-electron chi connectivity index (χ4n) is 3.33. The van der Waals surface area contributed by atoms with Crippen LogP contribution in [0.5, 0.6) is 0 Å². The Morgan fingerprint density at radius 1 is 1.13 bits per heavy atom. The van der Waals surface area contributed by atoms with Gasteiger partial charge >= 0.3 is 0 Å². The summed E-state index contributed by atoms with van der Waals surface area (Å²) in [5, 5.41) is 0. The summed E-state index contributed by atoms with van der Waals surface area (Å²) in [5.41, 5.74) is 0. The molecule has 2 aliphatic carbocycles. The molecule has 0 amide bonds. The van der Waals surface area contributed by atoms with Gasteiger partial charge in [-0.1, -0.05) is 33.1 Å². The first-order chi connectivity index (χ1) is 7.20. The molecule has 0 aromatic rings. The van der Waals surface area contributed by atoms with Crippen LogP contribution in [0.25, 0.3) is 0 Å². The van der Waals surface area contributed by atoms with E-state index in [4.69, 9.17) is 6.42 Å². The SMILES string of the molecule is C#CC1CC(CCCC2CC(C)C2C)C1. The standard InChI is InChI=1S/C15H24/c1-4-13-9-14(10-13)6-5-7-15-8-11(2)12(15)3/h1,11-15H,5-10H2,2-3H3. The smallest absolute Gasteiger partial charge is 0.0205 e. The van der Waals surface area contributed by atoms with Gasteiger partial charge in [0.15, 0.2) is 0 Å². The van der Waals surface area contributed by atoms with Crippen LogP contribution in [0.1, 0.15) is 52.4 Å². The molecule has 0 aliphatic heterocycles. The molecule has 0 aromatic heterocycles. The van der Waals surface area contributed by atoms with E-state index in [-0.39, 0.29) is 0 Å². The highest BCUT2D eigenvalue weighted by molar-refractivity contribution is 5.00. The molecule has 3 atom stereocenters. The molecule has 0 saturated heterocycles. The Labute approximate surface area is 94.8 Å². The minimum Gasteiger partial charge on any atom is -0.120 e. The summed E-state index contributed by atoms with van der Waals surface area (Å²) in [4.78, 5) is 0. The summed E-state index contributed by atoms with van der Waals surface area (Å²) in [5.74, 6) is 7.49. The van der Waals surface area contributed by atoms with Crippen LogP contribution < -0.4 is 0 Å². The van der Waals surface area contributed by atoms with Crippen molar-refractivity contribution >= 4 is 0 Å². The first-order valence-corrected chi connectivity index (χ1v) is 6.66. The van der Waals surface area contributed by atoms with Crippen LogP contribution in [0.2, 0.25) is 0 Å². The lowest BCUT2D eigenvalue weighted by Gasteiger charge is -2.41. The molecule has 2 saturated carbocycles. The van der Waals surface area contributed by atoms with Gasteiger partial charge in [0.05, 0.1) is 0 Å². The van der Waals surface area contributed by atoms with Crippen molar-refractivity contribution in [1.82, 2.24) is 0 Å². The second-order valence-corrected chi connectivity index (χ2v) is 5.96. The molecule has 15 heavy (non-hydrogen) atoms. The molecule has 2 aliphatic rings. The van der Waals surface area contributed by atoms with E-state index >= 15 is 0 Å². The van der Waals surface area contributed by atoms with E-state index in [1.165, 1.54) is 38.5 Å². The first-order valence-electron chi connectivity index (χ1n) is 6.66. The molecule has 0 spiro atoms. The third kappa shape index (κ3) is 2.39. The van der Waals surface area contributed by atoms with E-state index in [2.05, 4.69) is 19.8 Å². The predicted octanol–water partition coefficient (Wildman–Crippen LogP) is 4.11. The van der Waals surface area contributed by atoms with Crippen molar-refractivity contribution in [3.05, 3.63) is 0 Å². The minimum absolute atomic E-state index is 0.623. The summed E-state index contributed by atoms with van der Waals surface area (Å²) >= 11 is 0. The number of hydrogen-bond donors (Lipinski definition) is 0. The molecule has 0 nitrogen and oxygen atoms in total. The topological polar surface area (TPSA) is 0 Å². The van der Waals surface area contributed by atoms with E-state index in [1.54, 1.807) is 0 Å². The summed E-state index contributed by atoms with van der Waals surface area (Å²) in [6, 6.07) is 0. The lowest BCUT2D eigenvalue weighted by Crippen LogP contribution is -2.32. The Balaban J connectivity index is 1.52. The number of rotatable bonds is 4. The quantitative estimate of drug-likeness (QED) is 0.605. The normalized spacial score (nSPS) is 43.9. The van der Waals surface area contributed by atoms with Gasteiger partial charge < -0.3 is 0 Å². The van der Waals surface area contributed by atoms with Gasteiger partial charge in [0.2, 0.25) is 0 Å². The molecule has 2 fully saturated rings. The van der Waals surface area contributed by atoms with Crippen molar-refractivity contribution in [2.45, 2.75) is 52.4 Å². The monoisotopic (exact) mass is 204 g/mol. The number of terminal acetylenes is 1. The van der Waals surface area contributed by atoms with Crippen molar-refractivity contribution in [3.8, 4) is 12.3 Å². The van der Waals surface area contributed by atoms with Crippen molar-refractivity contribution < 1.29 is 0 Å². The van der Waals surface area contributed by atoms with Gasteiger partial charge in [-0.05, 0) is 42.9 Å². The summed E-state index contributed by atoms with van der Waals surface area (Å²) in [7, 11) is 0. The van der Waals surface area contributed by atoms with Gasteiger partial charge in [-0.3, -0.25) is 0 Å². The average Bonchev–Trinajstić information content (AvgIpc) is 2.19. The number of hydrogen-bond acceptors (Lipinski definition) is 0.